The van der Waals surface area contributed by atoms with Gasteiger partial charge >= 0.3 is 5.97 Å². The third-order valence-corrected chi connectivity index (χ3v) is 6.40. The molecule has 36 heavy (non-hydrogen) atoms. The van der Waals surface area contributed by atoms with Crippen LogP contribution in [0.1, 0.15) is 10.4 Å². The molecule has 0 radical (unpaired) electrons. The summed E-state index contributed by atoms with van der Waals surface area (Å²) < 4.78 is 5.32. The number of imide groups is 1. The van der Waals surface area contributed by atoms with E-state index in [0.29, 0.717) is 16.4 Å². The quantitative estimate of drug-likeness (QED) is 0.172. The van der Waals surface area contributed by atoms with Gasteiger partial charge in [-0.3, -0.25) is 9.59 Å². The molecule has 0 saturated heterocycles. The van der Waals surface area contributed by atoms with Crippen LogP contribution in [0, 0.1) is 0 Å². The van der Waals surface area contributed by atoms with E-state index in [2.05, 4.69) is 5.32 Å². The number of carbonyl (C=O) groups is 3. The Bertz CT molecular complexity index is 1580. The maximum Gasteiger partial charge on any atom is 0.343 e. The molecule has 5 rings (SSSR count). The average Bonchev–Trinajstić information content (AvgIpc) is 3.08. The molecule has 178 valence electrons. The van der Waals surface area contributed by atoms with Crippen molar-refractivity contribution in [3.63, 3.8) is 0 Å². The molecular weight excluding hydrogens is 523 g/mol. The van der Waals surface area contributed by atoms with Gasteiger partial charge in [-0.25, -0.2) is 9.69 Å². The smallest absolute Gasteiger partial charge is 0.343 e. The van der Waals surface area contributed by atoms with Gasteiger partial charge in [0.15, 0.2) is 0 Å². The van der Waals surface area contributed by atoms with Crippen molar-refractivity contribution >= 4 is 74.7 Å². The molecule has 1 aliphatic heterocycles. The van der Waals surface area contributed by atoms with E-state index in [-0.39, 0.29) is 27.1 Å². The van der Waals surface area contributed by atoms with Crippen LogP contribution in [0.15, 0.2) is 95.7 Å². The van der Waals surface area contributed by atoms with E-state index in [9.17, 15) is 14.4 Å². The number of nitrogens with zero attached hydrogens (tertiary/aromatic N) is 1. The number of fused-ring (bicyclic) bond motifs is 1. The second kappa shape index (κ2) is 9.66. The predicted octanol–water partition coefficient (Wildman–Crippen LogP) is 6.80. The molecule has 1 N–H and O–H groups in total. The van der Waals surface area contributed by atoms with Gasteiger partial charge in [0, 0.05) is 16.1 Å². The lowest BCUT2D eigenvalue weighted by Crippen LogP contribution is -2.32. The summed E-state index contributed by atoms with van der Waals surface area (Å²) >= 11 is 18.2. The van der Waals surface area contributed by atoms with E-state index in [4.69, 9.17) is 39.5 Å². The summed E-state index contributed by atoms with van der Waals surface area (Å²) in [6.07, 6.45) is 0. The van der Waals surface area contributed by atoms with Crippen molar-refractivity contribution in [3.8, 4) is 5.75 Å². The Labute approximate surface area is 220 Å². The normalized spacial score (nSPS) is 13.5. The first-order valence-electron chi connectivity index (χ1n) is 10.6. The third kappa shape index (κ3) is 4.42. The Morgan fingerprint density at radius 3 is 2.28 bits per heavy atom. The van der Waals surface area contributed by atoms with Gasteiger partial charge in [0.05, 0.1) is 16.3 Å². The highest BCUT2D eigenvalue weighted by Gasteiger charge is 2.39. The first-order chi connectivity index (χ1) is 17.3. The van der Waals surface area contributed by atoms with E-state index in [1.165, 1.54) is 24.3 Å². The summed E-state index contributed by atoms with van der Waals surface area (Å²) in [6, 6.07) is 23.5. The summed E-state index contributed by atoms with van der Waals surface area (Å²) in [6.45, 7) is 0. The largest absolute Gasteiger partial charge is 0.421 e. The monoisotopic (exact) mass is 536 g/mol. The Morgan fingerprint density at radius 1 is 0.806 bits per heavy atom. The number of hydrogen-bond donors (Lipinski definition) is 1. The zero-order valence-corrected chi connectivity index (χ0v) is 20.6. The van der Waals surface area contributed by atoms with Crippen LogP contribution in [0.2, 0.25) is 10.0 Å². The van der Waals surface area contributed by atoms with E-state index < -0.39 is 17.8 Å². The minimum atomic E-state index is -0.628. The Hall–Kier alpha value is -3.84. The van der Waals surface area contributed by atoms with Crippen LogP contribution in [-0.2, 0) is 9.59 Å². The third-order valence-electron chi connectivity index (χ3n) is 5.52. The number of amides is 2. The molecule has 0 bridgehead atoms. The minimum Gasteiger partial charge on any atom is -0.421 e. The van der Waals surface area contributed by atoms with Crippen LogP contribution in [0.4, 0.5) is 11.4 Å². The molecule has 6 nitrogen and oxygen atoms in total. The summed E-state index contributed by atoms with van der Waals surface area (Å²) in [5.41, 5.74) is 1.08. The van der Waals surface area contributed by atoms with Gasteiger partial charge in [0.1, 0.15) is 16.5 Å². The molecule has 0 fully saturated rings. The van der Waals surface area contributed by atoms with E-state index >= 15 is 0 Å². The fourth-order valence-electron chi connectivity index (χ4n) is 3.78. The molecule has 4 aromatic carbocycles. The lowest BCUT2D eigenvalue weighted by molar-refractivity contribution is -0.120. The van der Waals surface area contributed by atoms with E-state index in [1.54, 1.807) is 30.3 Å². The molecular formula is C27H15Cl3N2O4. The van der Waals surface area contributed by atoms with Gasteiger partial charge in [-0.1, -0.05) is 71.2 Å². The zero-order valence-electron chi connectivity index (χ0n) is 18.3. The number of ether oxygens (including phenoxy) is 1. The lowest BCUT2D eigenvalue weighted by atomic mass is 10.1. The van der Waals surface area contributed by atoms with Crippen LogP contribution in [0.25, 0.3) is 10.8 Å². The number of rotatable bonds is 5. The van der Waals surface area contributed by atoms with Crippen LogP contribution in [0.3, 0.4) is 0 Å². The van der Waals surface area contributed by atoms with Crippen LogP contribution in [0.5, 0.6) is 5.75 Å². The SMILES string of the molecule is O=C(Oc1ccc(Cl)cc1Cl)c1ccc(NC2=C(Cl)C(=O)N(c3cccc4ccccc34)C2=O)cc1. The molecule has 0 spiro atoms. The molecule has 0 atom stereocenters. The Kier molecular flexibility index (Phi) is 6.41. The fraction of sp³-hybridized carbons (Fsp3) is 0. The standard InChI is InChI=1S/C27H15Cl3N2O4/c28-17-10-13-22(20(29)14-17)36-27(35)16-8-11-18(12-9-16)31-24-23(30)25(33)32(26(24)34)21-7-3-5-15-4-1-2-6-19(15)21/h1-14,31H. The molecule has 2 amide bonds. The highest BCUT2D eigenvalue weighted by molar-refractivity contribution is 6.53. The maximum absolute atomic E-state index is 13.2. The van der Waals surface area contributed by atoms with Crippen molar-refractivity contribution in [3.05, 3.63) is 111 Å². The van der Waals surface area contributed by atoms with Crippen molar-refractivity contribution in [2.75, 3.05) is 10.2 Å². The number of carbonyl (C=O) groups excluding carboxylic acids is 3. The molecule has 0 aromatic heterocycles. The number of hydrogen-bond acceptors (Lipinski definition) is 5. The summed E-state index contributed by atoms with van der Waals surface area (Å²) in [5, 5.41) is 4.92. The number of benzene rings is 4. The number of nitrogens with one attached hydrogen (secondary N) is 1. The van der Waals surface area contributed by atoms with Crippen molar-refractivity contribution in [2.45, 2.75) is 0 Å². The fourth-order valence-corrected chi connectivity index (χ4v) is 4.44. The van der Waals surface area contributed by atoms with Gasteiger partial charge in [-0.05, 0) is 53.9 Å². The molecule has 4 aromatic rings. The number of esters is 1. The highest BCUT2D eigenvalue weighted by Crippen LogP contribution is 2.34. The van der Waals surface area contributed by atoms with Crippen molar-refractivity contribution in [1.29, 1.82) is 0 Å². The lowest BCUT2D eigenvalue weighted by Gasteiger charge is -2.17. The molecule has 1 heterocycles. The van der Waals surface area contributed by atoms with Gasteiger partial charge in [0.25, 0.3) is 11.8 Å². The Morgan fingerprint density at radius 2 is 1.53 bits per heavy atom. The van der Waals surface area contributed by atoms with Crippen LogP contribution in [-0.4, -0.2) is 17.8 Å². The van der Waals surface area contributed by atoms with Crippen molar-refractivity contribution in [2.24, 2.45) is 0 Å². The second-order valence-electron chi connectivity index (χ2n) is 7.80. The van der Waals surface area contributed by atoms with Gasteiger partial charge in [0.2, 0.25) is 0 Å². The predicted molar refractivity (Wildman–Crippen MR) is 141 cm³/mol. The van der Waals surface area contributed by atoms with E-state index in [1.807, 2.05) is 30.3 Å². The van der Waals surface area contributed by atoms with Gasteiger partial charge < -0.3 is 10.1 Å². The average molecular weight is 538 g/mol. The number of anilines is 2. The maximum atomic E-state index is 13.2. The molecule has 0 aliphatic carbocycles. The summed E-state index contributed by atoms with van der Waals surface area (Å²) in [5.74, 6) is -1.66. The molecule has 9 heteroatoms. The second-order valence-corrected chi connectivity index (χ2v) is 9.02. The first-order valence-corrected chi connectivity index (χ1v) is 11.8. The number of halogens is 3. The van der Waals surface area contributed by atoms with Gasteiger partial charge in [-0.15, -0.1) is 0 Å². The summed E-state index contributed by atoms with van der Waals surface area (Å²) in [7, 11) is 0. The molecule has 0 saturated carbocycles. The minimum absolute atomic E-state index is 0.0575. The van der Waals surface area contributed by atoms with Crippen molar-refractivity contribution in [1.82, 2.24) is 0 Å². The van der Waals surface area contributed by atoms with Crippen molar-refractivity contribution < 1.29 is 19.1 Å². The topological polar surface area (TPSA) is 75.7 Å². The van der Waals surface area contributed by atoms with Gasteiger partial charge in [-0.2, -0.15) is 0 Å². The zero-order chi connectivity index (χ0) is 25.4. The van der Waals surface area contributed by atoms with Crippen LogP contribution < -0.4 is 15.0 Å². The van der Waals surface area contributed by atoms with E-state index in [0.717, 1.165) is 15.7 Å². The highest BCUT2D eigenvalue weighted by atomic mass is 35.5. The first kappa shape index (κ1) is 23.9. The summed E-state index contributed by atoms with van der Waals surface area (Å²) in [4.78, 5) is 39.7. The van der Waals surface area contributed by atoms with Crippen LogP contribution >= 0.6 is 34.8 Å². The molecule has 0 unspecified atom stereocenters. The molecule has 1 aliphatic rings. The Balaban J connectivity index is 1.34.